The van der Waals surface area contributed by atoms with Crippen molar-refractivity contribution < 1.29 is 17.9 Å². The minimum Gasteiger partial charge on any atom is -0.389 e. The maximum absolute atomic E-state index is 12.7. The Hall–Kier alpha value is -1.34. The molecular weight excluding hydrogens is 289 g/mol. The predicted molar refractivity (Wildman–Crippen MR) is 77.1 cm³/mol. The fourth-order valence-corrected chi connectivity index (χ4v) is 2.00. The van der Waals surface area contributed by atoms with Gasteiger partial charge >= 0.3 is 6.18 Å². The van der Waals surface area contributed by atoms with Gasteiger partial charge in [-0.1, -0.05) is 12.2 Å². The molecule has 0 atom stereocenters. The van der Waals surface area contributed by atoms with E-state index >= 15 is 0 Å². The Morgan fingerprint density at radius 2 is 2.05 bits per heavy atom. The third-order valence-electron chi connectivity index (χ3n) is 2.88. The minimum atomic E-state index is -4.42. The molecule has 1 aromatic rings. The summed E-state index contributed by atoms with van der Waals surface area (Å²) < 4.78 is 43.2. The molecule has 1 rings (SSSR count). The Balaban J connectivity index is 3.22. The second-order valence-electron chi connectivity index (χ2n) is 4.17. The van der Waals surface area contributed by atoms with Gasteiger partial charge in [-0.15, -0.1) is 0 Å². The van der Waals surface area contributed by atoms with Crippen LogP contribution in [-0.2, 0) is 10.9 Å². The minimum absolute atomic E-state index is 0.0537. The first-order valence-electron chi connectivity index (χ1n) is 6.06. The molecule has 112 valence electrons. The molecule has 0 fully saturated rings. The van der Waals surface area contributed by atoms with Gasteiger partial charge in [0, 0.05) is 31.5 Å². The van der Waals surface area contributed by atoms with Crippen LogP contribution in [0.25, 0.3) is 0 Å². The summed E-state index contributed by atoms with van der Waals surface area (Å²) >= 11 is 4.86. The van der Waals surface area contributed by atoms with Gasteiger partial charge in [0.2, 0.25) is 0 Å². The Kier molecular flexibility index (Phi) is 5.76. The van der Waals surface area contributed by atoms with E-state index in [9.17, 15) is 13.2 Å². The van der Waals surface area contributed by atoms with E-state index < -0.39 is 11.7 Å². The van der Waals surface area contributed by atoms with Crippen LogP contribution in [-0.4, -0.2) is 31.8 Å². The normalized spacial score (nSPS) is 11.4. The topological polar surface area (TPSA) is 38.5 Å². The number of anilines is 1. The molecule has 0 aromatic heterocycles. The van der Waals surface area contributed by atoms with Gasteiger partial charge in [0.25, 0.3) is 0 Å². The van der Waals surface area contributed by atoms with Crippen molar-refractivity contribution >= 4 is 22.9 Å². The first-order valence-corrected chi connectivity index (χ1v) is 6.47. The van der Waals surface area contributed by atoms with Crippen LogP contribution in [0.3, 0.4) is 0 Å². The van der Waals surface area contributed by atoms with Crippen LogP contribution >= 0.6 is 12.2 Å². The molecule has 0 amide bonds. The van der Waals surface area contributed by atoms with Crippen molar-refractivity contribution in [1.29, 1.82) is 0 Å². The fraction of sp³-hybridized carbons (Fsp3) is 0.462. The van der Waals surface area contributed by atoms with E-state index in [2.05, 4.69) is 0 Å². The summed E-state index contributed by atoms with van der Waals surface area (Å²) in [5.74, 6) is 0. The van der Waals surface area contributed by atoms with Crippen LogP contribution in [0.5, 0.6) is 0 Å². The van der Waals surface area contributed by atoms with Crippen LogP contribution < -0.4 is 10.6 Å². The highest BCUT2D eigenvalue weighted by molar-refractivity contribution is 7.80. The zero-order valence-corrected chi connectivity index (χ0v) is 12.1. The van der Waals surface area contributed by atoms with Crippen LogP contribution in [0.15, 0.2) is 18.2 Å². The van der Waals surface area contributed by atoms with Gasteiger partial charge in [0.15, 0.2) is 0 Å². The van der Waals surface area contributed by atoms with E-state index in [0.29, 0.717) is 25.4 Å². The molecule has 0 radical (unpaired) electrons. The number of benzene rings is 1. The maximum atomic E-state index is 12.7. The van der Waals surface area contributed by atoms with Crippen molar-refractivity contribution in [3.63, 3.8) is 0 Å². The molecule has 20 heavy (non-hydrogen) atoms. The van der Waals surface area contributed by atoms with Crippen LogP contribution in [0.1, 0.15) is 18.1 Å². The van der Waals surface area contributed by atoms with Crippen molar-refractivity contribution in [3.05, 3.63) is 29.3 Å². The molecule has 0 saturated heterocycles. The predicted octanol–water partition coefficient (Wildman–Crippen LogP) is 2.81. The summed E-state index contributed by atoms with van der Waals surface area (Å²) in [6.07, 6.45) is -4.42. The van der Waals surface area contributed by atoms with Crippen molar-refractivity contribution in [2.75, 3.05) is 31.7 Å². The highest BCUT2D eigenvalue weighted by Crippen LogP contribution is 2.32. The zero-order chi connectivity index (χ0) is 15.3. The van der Waals surface area contributed by atoms with Gasteiger partial charge in [-0.05, 0) is 25.1 Å². The Morgan fingerprint density at radius 3 is 2.50 bits per heavy atom. The smallest absolute Gasteiger partial charge is 0.389 e. The highest BCUT2D eigenvalue weighted by atomic mass is 32.1. The van der Waals surface area contributed by atoms with Gasteiger partial charge in [-0.25, -0.2) is 0 Å². The summed E-state index contributed by atoms with van der Waals surface area (Å²) in [5.41, 5.74) is 5.61. The van der Waals surface area contributed by atoms with Crippen LogP contribution in [0.4, 0.5) is 18.9 Å². The van der Waals surface area contributed by atoms with Gasteiger partial charge < -0.3 is 15.4 Å². The molecule has 0 unspecified atom stereocenters. The largest absolute Gasteiger partial charge is 0.416 e. The Morgan fingerprint density at radius 1 is 1.40 bits per heavy atom. The first-order chi connectivity index (χ1) is 9.31. The third-order valence-corrected chi connectivity index (χ3v) is 3.10. The average molecular weight is 306 g/mol. The fourth-order valence-electron chi connectivity index (χ4n) is 1.84. The molecule has 0 spiro atoms. The zero-order valence-electron chi connectivity index (χ0n) is 11.3. The summed E-state index contributed by atoms with van der Waals surface area (Å²) in [6, 6.07) is 3.43. The summed E-state index contributed by atoms with van der Waals surface area (Å²) in [6.45, 7) is 3.53. The number of ether oxygens (including phenoxy) is 1. The standard InChI is InChI=1S/C13H17F3N2OS/c1-3-18(6-7-19-2)11-5-4-9(13(14,15)16)8-10(11)12(17)20/h4-5,8H,3,6-7H2,1-2H3,(H2,17,20). The number of halogens is 3. The highest BCUT2D eigenvalue weighted by Gasteiger charge is 2.31. The van der Waals surface area contributed by atoms with E-state index in [1.807, 2.05) is 11.8 Å². The quantitative estimate of drug-likeness (QED) is 0.820. The number of alkyl halides is 3. The van der Waals surface area contributed by atoms with Crippen LogP contribution in [0.2, 0.25) is 0 Å². The Labute approximate surface area is 121 Å². The van der Waals surface area contributed by atoms with E-state index in [4.69, 9.17) is 22.7 Å². The number of hydrogen-bond donors (Lipinski definition) is 1. The van der Waals surface area contributed by atoms with E-state index in [-0.39, 0.29) is 10.6 Å². The lowest BCUT2D eigenvalue weighted by atomic mass is 10.1. The van der Waals surface area contributed by atoms with Crippen molar-refractivity contribution in [2.45, 2.75) is 13.1 Å². The van der Waals surface area contributed by atoms with E-state index in [0.717, 1.165) is 12.1 Å². The number of rotatable bonds is 6. The average Bonchev–Trinajstić information content (AvgIpc) is 2.38. The lowest BCUT2D eigenvalue weighted by Gasteiger charge is -2.26. The third kappa shape index (κ3) is 4.08. The van der Waals surface area contributed by atoms with Crippen LogP contribution in [0, 0.1) is 0 Å². The molecule has 0 aliphatic carbocycles. The molecule has 0 aliphatic rings. The Bertz CT molecular complexity index is 477. The molecular formula is C13H17F3N2OS. The van der Waals surface area contributed by atoms with Crippen molar-refractivity contribution in [3.8, 4) is 0 Å². The lowest BCUT2D eigenvalue weighted by Crippen LogP contribution is -2.29. The molecule has 1 aromatic carbocycles. The number of nitrogens with two attached hydrogens (primary N) is 1. The monoisotopic (exact) mass is 306 g/mol. The number of nitrogens with zero attached hydrogens (tertiary/aromatic N) is 1. The molecule has 0 heterocycles. The van der Waals surface area contributed by atoms with Crippen molar-refractivity contribution in [1.82, 2.24) is 0 Å². The first kappa shape index (κ1) is 16.7. The summed E-state index contributed by atoms with van der Waals surface area (Å²) in [4.78, 5) is 1.82. The van der Waals surface area contributed by atoms with Gasteiger partial charge in [0.05, 0.1) is 12.2 Å². The molecule has 0 saturated carbocycles. The van der Waals surface area contributed by atoms with E-state index in [1.165, 1.54) is 6.07 Å². The van der Waals surface area contributed by atoms with E-state index in [1.54, 1.807) is 7.11 Å². The SMILES string of the molecule is CCN(CCOC)c1ccc(C(F)(F)F)cc1C(N)=S. The molecule has 0 aliphatic heterocycles. The number of hydrogen-bond acceptors (Lipinski definition) is 3. The van der Waals surface area contributed by atoms with Gasteiger partial charge in [-0.2, -0.15) is 13.2 Å². The number of likely N-dealkylation sites (N-methyl/N-ethyl adjacent to an activating group) is 1. The summed E-state index contributed by atoms with van der Waals surface area (Å²) in [5, 5.41) is 0. The van der Waals surface area contributed by atoms with Gasteiger partial charge in [-0.3, -0.25) is 0 Å². The van der Waals surface area contributed by atoms with Crippen molar-refractivity contribution in [2.24, 2.45) is 5.73 Å². The molecule has 2 N–H and O–H groups in total. The molecule has 3 nitrogen and oxygen atoms in total. The second-order valence-corrected chi connectivity index (χ2v) is 4.61. The lowest BCUT2D eigenvalue weighted by molar-refractivity contribution is -0.137. The molecule has 7 heteroatoms. The maximum Gasteiger partial charge on any atom is 0.416 e. The number of methoxy groups -OCH3 is 1. The summed E-state index contributed by atoms with van der Waals surface area (Å²) in [7, 11) is 1.56. The second kappa shape index (κ2) is 6.90. The number of thiocarbonyl (C=S) groups is 1. The molecule has 0 bridgehead atoms. The van der Waals surface area contributed by atoms with Gasteiger partial charge in [0.1, 0.15) is 4.99 Å².